The lowest BCUT2D eigenvalue weighted by Gasteiger charge is -2.06. The van der Waals surface area contributed by atoms with Gasteiger partial charge in [0.25, 0.3) is 0 Å². The number of Topliss-reactive ketones (excluding diaryl/α,β-unsaturated/α-hetero) is 1. The number of rotatable bonds is 4. The maximum Gasteiger partial charge on any atom is 0.248 e. The predicted molar refractivity (Wildman–Crippen MR) is 78.4 cm³/mol. The molecule has 0 aliphatic rings. The van der Waals surface area contributed by atoms with E-state index in [2.05, 4.69) is 5.32 Å². The fourth-order valence-electron chi connectivity index (χ4n) is 1.62. The van der Waals surface area contributed by atoms with Crippen molar-refractivity contribution in [2.75, 3.05) is 5.32 Å². The minimum Gasteiger partial charge on any atom is -0.322 e. The van der Waals surface area contributed by atoms with E-state index in [-0.39, 0.29) is 11.7 Å². The topological polar surface area (TPSA) is 46.2 Å². The van der Waals surface area contributed by atoms with E-state index in [0.717, 1.165) is 4.88 Å². The molecule has 1 aromatic heterocycles. The van der Waals surface area contributed by atoms with Gasteiger partial charge < -0.3 is 5.32 Å². The molecule has 1 aromatic carbocycles. The molecule has 0 aliphatic carbocycles. The van der Waals surface area contributed by atoms with Crippen LogP contribution in [0.4, 0.5) is 5.69 Å². The van der Waals surface area contributed by atoms with Gasteiger partial charge in [-0.3, -0.25) is 9.59 Å². The third kappa shape index (κ3) is 3.63. The van der Waals surface area contributed by atoms with Gasteiger partial charge in [0.15, 0.2) is 5.78 Å². The highest BCUT2D eigenvalue weighted by Gasteiger charge is 2.07. The Labute approximate surface area is 115 Å². The third-order valence-corrected chi connectivity index (χ3v) is 3.34. The minimum absolute atomic E-state index is 0.0712. The lowest BCUT2D eigenvalue weighted by molar-refractivity contribution is -0.111. The molecular weight excluding hydrogens is 258 g/mol. The summed E-state index contributed by atoms with van der Waals surface area (Å²) in [6.45, 7) is 1.48. The standard InChI is InChI=1S/C15H13NO2S/c1-11(17)13-6-2-3-7-14(13)16-15(18)9-8-12-5-4-10-19-12/h2-10H,1H3,(H,16,18)/b9-8+. The number of carbonyl (C=O) groups is 2. The number of hydrogen-bond acceptors (Lipinski definition) is 3. The fraction of sp³-hybridized carbons (Fsp3) is 0.0667. The van der Waals surface area contributed by atoms with Gasteiger partial charge in [0, 0.05) is 16.5 Å². The van der Waals surface area contributed by atoms with Crippen LogP contribution >= 0.6 is 11.3 Å². The first-order valence-electron chi connectivity index (χ1n) is 5.79. The largest absolute Gasteiger partial charge is 0.322 e. The molecule has 4 heteroatoms. The number of ketones is 1. The van der Waals surface area contributed by atoms with Crippen molar-refractivity contribution in [2.24, 2.45) is 0 Å². The quantitative estimate of drug-likeness (QED) is 0.682. The van der Waals surface area contributed by atoms with Gasteiger partial charge in [-0.25, -0.2) is 0 Å². The van der Waals surface area contributed by atoms with Gasteiger partial charge in [-0.15, -0.1) is 11.3 Å². The Bertz CT molecular complexity index is 615. The molecule has 2 aromatic rings. The second-order valence-electron chi connectivity index (χ2n) is 3.94. The first-order chi connectivity index (χ1) is 9.16. The van der Waals surface area contributed by atoms with E-state index in [1.807, 2.05) is 17.5 Å². The average Bonchev–Trinajstić information content (AvgIpc) is 2.90. The van der Waals surface area contributed by atoms with Gasteiger partial charge in [0.2, 0.25) is 5.91 Å². The smallest absolute Gasteiger partial charge is 0.248 e. The number of anilines is 1. The molecule has 1 N–H and O–H groups in total. The molecule has 1 amide bonds. The SMILES string of the molecule is CC(=O)c1ccccc1NC(=O)/C=C/c1cccs1. The van der Waals surface area contributed by atoms with Crippen molar-refractivity contribution in [2.45, 2.75) is 6.92 Å². The van der Waals surface area contributed by atoms with Crippen LogP contribution in [0.5, 0.6) is 0 Å². The molecule has 0 aliphatic heterocycles. The number of nitrogens with one attached hydrogen (secondary N) is 1. The molecule has 0 saturated heterocycles. The van der Waals surface area contributed by atoms with Crippen LogP contribution in [-0.4, -0.2) is 11.7 Å². The van der Waals surface area contributed by atoms with E-state index >= 15 is 0 Å². The van der Waals surface area contributed by atoms with Gasteiger partial charge in [0.05, 0.1) is 5.69 Å². The molecule has 96 valence electrons. The molecule has 1 heterocycles. The van der Waals surface area contributed by atoms with E-state index in [1.54, 1.807) is 41.7 Å². The zero-order valence-corrected chi connectivity index (χ0v) is 11.2. The van der Waals surface area contributed by atoms with Gasteiger partial charge in [0.1, 0.15) is 0 Å². The van der Waals surface area contributed by atoms with Crippen LogP contribution in [0.2, 0.25) is 0 Å². The molecule has 0 fully saturated rings. The Kier molecular flexibility index (Phi) is 4.26. The Morgan fingerprint density at radius 3 is 2.63 bits per heavy atom. The number of para-hydroxylation sites is 1. The number of thiophene rings is 1. The number of carbonyl (C=O) groups excluding carboxylic acids is 2. The Hall–Kier alpha value is -2.20. The Morgan fingerprint density at radius 2 is 1.95 bits per heavy atom. The van der Waals surface area contributed by atoms with Crippen LogP contribution in [0.1, 0.15) is 22.2 Å². The first kappa shape index (κ1) is 13.2. The highest BCUT2D eigenvalue weighted by Crippen LogP contribution is 2.16. The van der Waals surface area contributed by atoms with Gasteiger partial charge in [-0.1, -0.05) is 18.2 Å². The van der Waals surface area contributed by atoms with Crippen molar-refractivity contribution in [3.63, 3.8) is 0 Å². The Balaban J connectivity index is 2.09. The monoisotopic (exact) mass is 271 g/mol. The molecule has 0 spiro atoms. The Morgan fingerprint density at radius 1 is 1.16 bits per heavy atom. The van der Waals surface area contributed by atoms with Gasteiger partial charge in [-0.2, -0.15) is 0 Å². The van der Waals surface area contributed by atoms with Crippen LogP contribution in [0.25, 0.3) is 6.08 Å². The van der Waals surface area contributed by atoms with E-state index in [4.69, 9.17) is 0 Å². The lowest BCUT2D eigenvalue weighted by atomic mass is 10.1. The molecule has 19 heavy (non-hydrogen) atoms. The van der Waals surface area contributed by atoms with Crippen molar-refractivity contribution < 1.29 is 9.59 Å². The lowest BCUT2D eigenvalue weighted by Crippen LogP contribution is -2.11. The number of benzene rings is 1. The summed E-state index contributed by atoms with van der Waals surface area (Å²) in [6, 6.07) is 10.8. The second kappa shape index (κ2) is 6.11. The molecule has 0 saturated carbocycles. The summed E-state index contributed by atoms with van der Waals surface area (Å²) in [5.41, 5.74) is 1.05. The van der Waals surface area contributed by atoms with E-state index in [9.17, 15) is 9.59 Å². The molecule has 3 nitrogen and oxygen atoms in total. The van der Waals surface area contributed by atoms with Crippen molar-refractivity contribution in [3.8, 4) is 0 Å². The van der Waals surface area contributed by atoms with Crippen LogP contribution in [-0.2, 0) is 4.79 Å². The first-order valence-corrected chi connectivity index (χ1v) is 6.67. The zero-order chi connectivity index (χ0) is 13.7. The van der Waals surface area contributed by atoms with Crippen LogP contribution < -0.4 is 5.32 Å². The summed E-state index contributed by atoms with van der Waals surface area (Å²) in [5, 5.41) is 4.66. The predicted octanol–water partition coefficient (Wildman–Crippen LogP) is 3.60. The van der Waals surface area contributed by atoms with Crippen LogP contribution in [0, 0.1) is 0 Å². The highest BCUT2D eigenvalue weighted by molar-refractivity contribution is 7.10. The van der Waals surface area contributed by atoms with Crippen molar-refractivity contribution in [3.05, 3.63) is 58.3 Å². The highest BCUT2D eigenvalue weighted by atomic mass is 32.1. The molecule has 2 rings (SSSR count). The number of hydrogen-bond donors (Lipinski definition) is 1. The molecule has 0 radical (unpaired) electrons. The molecule has 0 atom stereocenters. The normalized spacial score (nSPS) is 10.6. The molecular formula is C15H13NO2S. The summed E-state index contributed by atoms with van der Waals surface area (Å²) < 4.78 is 0. The summed E-state index contributed by atoms with van der Waals surface area (Å²) in [4.78, 5) is 24.2. The summed E-state index contributed by atoms with van der Waals surface area (Å²) in [5.74, 6) is -0.319. The van der Waals surface area contributed by atoms with Crippen LogP contribution in [0.15, 0.2) is 47.9 Å². The van der Waals surface area contributed by atoms with E-state index in [0.29, 0.717) is 11.3 Å². The van der Waals surface area contributed by atoms with Crippen LogP contribution in [0.3, 0.4) is 0 Å². The summed E-state index contributed by atoms with van der Waals surface area (Å²) in [7, 11) is 0. The maximum absolute atomic E-state index is 11.8. The maximum atomic E-state index is 11.8. The van der Waals surface area contributed by atoms with Gasteiger partial charge >= 0.3 is 0 Å². The van der Waals surface area contributed by atoms with E-state index in [1.165, 1.54) is 13.0 Å². The fourth-order valence-corrected chi connectivity index (χ4v) is 2.24. The summed E-state index contributed by atoms with van der Waals surface area (Å²) in [6.07, 6.45) is 3.21. The van der Waals surface area contributed by atoms with Crippen molar-refractivity contribution in [1.29, 1.82) is 0 Å². The minimum atomic E-state index is -0.248. The third-order valence-electron chi connectivity index (χ3n) is 2.51. The molecule has 0 bridgehead atoms. The van der Waals surface area contributed by atoms with E-state index < -0.39 is 0 Å². The number of amides is 1. The molecule has 0 unspecified atom stereocenters. The van der Waals surface area contributed by atoms with Gasteiger partial charge in [-0.05, 0) is 36.6 Å². The van der Waals surface area contributed by atoms with Crippen molar-refractivity contribution >= 4 is 34.8 Å². The zero-order valence-electron chi connectivity index (χ0n) is 10.4. The second-order valence-corrected chi connectivity index (χ2v) is 4.92. The average molecular weight is 271 g/mol. The van der Waals surface area contributed by atoms with Crippen molar-refractivity contribution in [1.82, 2.24) is 0 Å². The summed E-state index contributed by atoms with van der Waals surface area (Å²) >= 11 is 1.56.